The molecule has 1 aromatic heterocycles. The normalized spacial score (nSPS) is 18.9. The molecule has 4 rings (SSSR count). The molecule has 0 aliphatic carbocycles. The first-order valence-electron chi connectivity index (χ1n) is 11.0. The van der Waals surface area contributed by atoms with Crippen molar-refractivity contribution in [1.29, 1.82) is 0 Å². The van der Waals surface area contributed by atoms with E-state index in [-0.39, 0.29) is 24.3 Å². The molecule has 0 spiro atoms. The second kappa shape index (κ2) is 9.37. The maximum absolute atomic E-state index is 12.8. The van der Waals surface area contributed by atoms with Crippen LogP contribution >= 0.6 is 0 Å². The minimum atomic E-state index is 0.0455. The van der Waals surface area contributed by atoms with Gasteiger partial charge in [-0.1, -0.05) is 0 Å². The molecular formula is C24H30N4O3. The lowest BCUT2D eigenvalue weighted by Crippen LogP contribution is -2.45. The molecule has 2 amide bonds. The second-order valence-electron chi connectivity index (χ2n) is 8.37. The van der Waals surface area contributed by atoms with Crippen LogP contribution in [0.3, 0.4) is 0 Å². The summed E-state index contributed by atoms with van der Waals surface area (Å²) in [5.41, 5.74) is 3.91. The number of nitrogens with zero attached hydrogens (tertiary/aromatic N) is 3. The fraction of sp³-hybridized carbons (Fsp3) is 0.458. The van der Waals surface area contributed by atoms with E-state index in [0.717, 1.165) is 54.3 Å². The van der Waals surface area contributed by atoms with E-state index in [2.05, 4.69) is 11.4 Å². The Morgan fingerprint density at radius 3 is 2.68 bits per heavy atom. The van der Waals surface area contributed by atoms with Crippen LogP contribution < -0.4 is 10.1 Å². The van der Waals surface area contributed by atoms with E-state index >= 15 is 0 Å². The van der Waals surface area contributed by atoms with Crippen molar-refractivity contribution in [1.82, 2.24) is 14.8 Å². The van der Waals surface area contributed by atoms with E-state index < -0.39 is 0 Å². The Morgan fingerprint density at radius 2 is 1.97 bits per heavy atom. The fourth-order valence-corrected chi connectivity index (χ4v) is 4.40. The first-order valence-corrected chi connectivity index (χ1v) is 11.0. The quantitative estimate of drug-likeness (QED) is 0.772. The van der Waals surface area contributed by atoms with Crippen LogP contribution in [-0.2, 0) is 9.59 Å². The molecule has 2 aliphatic rings. The van der Waals surface area contributed by atoms with Gasteiger partial charge in [0, 0.05) is 54.7 Å². The van der Waals surface area contributed by atoms with E-state index in [4.69, 9.17) is 9.72 Å². The molecule has 2 aliphatic heterocycles. The van der Waals surface area contributed by atoms with E-state index in [1.165, 1.54) is 0 Å². The van der Waals surface area contributed by atoms with Crippen molar-refractivity contribution >= 4 is 23.2 Å². The molecule has 2 aromatic rings. The number of rotatable bonds is 6. The van der Waals surface area contributed by atoms with Crippen LogP contribution in [0.15, 0.2) is 36.4 Å². The number of methoxy groups -OCH3 is 1. The third kappa shape index (κ3) is 5.16. The third-order valence-electron chi connectivity index (χ3n) is 6.04. The molecule has 1 aromatic carbocycles. The van der Waals surface area contributed by atoms with Gasteiger partial charge in [0.15, 0.2) is 0 Å². The standard InChI is InChI=1S/C24H30N4O3/c1-17-13-20(26-19-7-9-21(31-2)10-8-19)14-22(25-17)18-5-3-11-27(15-18)24(30)16-28-12-4-6-23(28)29/h7-10,13-14,18H,3-6,11-12,15-16H2,1-2H3,(H,25,26)/t18-/m0/s1. The van der Waals surface area contributed by atoms with Crippen LogP contribution in [-0.4, -0.2) is 59.9 Å². The van der Waals surface area contributed by atoms with Crippen LogP contribution in [0.5, 0.6) is 5.75 Å². The van der Waals surface area contributed by atoms with Gasteiger partial charge in [-0.15, -0.1) is 0 Å². The van der Waals surface area contributed by atoms with Crippen LogP contribution in [0.4, 0.5) is 11.4 Å². The molecule has 1 N–H and O–H groups in total. The number of amides is 2. The minimum absolute atomic E-state index is 0.0455. The zero-order valence-corrected chi connectivity index (χ0v) is 18.3. The molecule has 3 heterocycles. The molecule has 0 radical (unpaired) electrons. The van der Waals surface area contributed by atoms with Crippen molar-refractivity contribution < 1.29 is 14.3 Å². The smallest absolute Gasteiger partial charge is 0.242 e. The Balaban J connectivity index is 1.44. The predicted molar refractivity (Wildman–Crippen MR) is 120 cm³/mol. The molecule has 2 fully saturated rings. The number of pyridine rings is 1. The van der Waals surface area contributed by atoms with Gasteiger partial charge in [-0.05, 0) is 62.6 Å². The molecular weight excluding hydrogens is 392 g/mol. The highest BCUT2D eigenvalue weighted by Crippen LogP contribution is 2.29. The summed E-state index contributed by atoms with van der Waals surface area (Å²) in [6.07, 6.45) is 3.37. The molecule has 1 atom stereocenters. The average Bonchev–Trinajstić information content (AvgIpc) is 3.18. The number of benzene rings is 1. The van der Waals surface area contributed by atoms with E-state index in [1.54, 1.807) is 12.0 Å². The highest BCUT2D eigenvalue weighted by atomic mass is 16.5. The highest BCUT2D eigenvalue weighted by molar-refractivity contribution is 5.86. The van der Waals surface area contributed by atoms with Crippen molar-refractivity contribution in [3.8, 4) is 5.75 Å². The average molecular weight is 423 g/mol. The van der Waals surface area contributed by atoms with Gasteiger partial charge in [-0.25, -0.2) is 0 Å². The molecule has 0 bridgehead atoms. The van der Waals surface area contributed by atoms with E-state index in [9.17, 15) is 9.59 Å². The number of aryl methyl sites for hydroxylation is 1. The number of piperidine rings is 1. The lowest BCUT2D eigenvalue weighted by molar-refractivity contribution is -0.139. The molecule has 2 saturated heterocycles. The largest absolute Gasteiger partial charge is 0.497 e. The Labute approximate surface area is 183 Å². The zero-order valence-electron chi connectivity index (χ0n) is 18.3. The van der Waals surface area contributed by atoms with Crippen LogP contribution in [0, 0.1) is 6.92 Å². The number of hydrogen-bond acceptors (Lipinski definition) is 5. The monoisotopic (exact) mass is 422 g/mol. The summed E-state index contributed by atoms with van der Waals surface area (Å²) >= 11 is 0. The summed E-state index contributed by atoms with van der Waals surface area (Å²) in [5.74, 6) is 1.16. The van der Waals surface area contributed by atoms with E-state index in [0.29, 0.717) is 19.5 Å². The zero-order chi connectivity index (χ0) is 21.8. The molecule has 0 unspecified atom stereocenters. The number of ether oxygens (including phenoxy) is 1. The summed E-state index contributed by atoms with van der Waals surface area (Å²) in [5, 5.41) is 3.44. The van der Waals surface area contributed by atoms with Gasteiger partial charge in [0.05, 0.1) is 13.7 Å². The summed E-state index contributed by atoms with van der Waals surface area (Å²) in [6, 6.07) is 11.9. The molecule has 31 heavy (non-hydrogen) atoms. The summed E-state index contributed by atoms with van der Waals surface area (Å²) in [4.78, 5) is 33.0. The van der Waals surface area contributed by atoms with Gasteiger partial charge in [0.2, 0.25) is 11.8 Å². The first kappa shape index (κ1) is 21.2. The van der Waals surface area contributed by atoms with Crippen LogP contribution in [0.25, 0.3) is 0 Å². The lowest BCUT2D eigenvalue weighted by Gasteiger charge is -2.33. The summed E-state index contributed by atoms with van der Waals surface area (Å²) in [6.45, 7) is 4.30. The van der Waals surface area contributed by atoms with E-state index in [1.807, 2.05) is 42.2 Å². The molecule has 0 saturated carbocycles. The minimum Gasteiger partial charge on any atom is -0.497 e. The molecule has 164 valence electrons. The van der Waals surface area contributed by atoms with Crippen molar-refractivity contribution in [2.75, 3.05) is 38.6 Å². The Morgan fingerprint density at radius 1 is 1.16 bits per heavy atom. The Hall–Kier alpha value is -3.09. The predicted octanol–water partition coefficient (Wildman–Crippen LogP) is 3.47. The lowest BCUT2D eigenvalue weighted by atomic mass is 9.93. The van der Waals surface area contributed by atoms with Gasteiger partial charge in [0.25, 0.3) is 0 Å². The maximum Gasteiger partial charge on any atom is 0.242 e. The topological polar surface area (TPSA) is 74.8 Å². The fourth-order valence-electron chi connectivity index (χ4n) is 4.40. The Kier molecular flexibility index (Phi) is 6.39. The summed E-state index contributed by atoms with van der Waals surface area (Å²) < 4.78 is 5.22. The van der Waals surface area contributed by atoms with Crippen molar-refractivity contribution in [2.24, 2.45) is 0 Å². The highest BCUT2D eigenvalue weighted by Gasteiger charge is 2.29. The van der Waals surface area contributed by atoms with Crippen LogP contribution in [0.1, 0.15) is 43.0 Å². The van der Waals surface area contributed by atoms with Gasteiger partial charge >= 0.3 is 0 Å². The Bertz CT molecular complexity index is 944. The number of nitrogens with one attached hydrogen (secondary N) is 1. The van der Waals surface area contributed by atoms with Crippen molar-refractivity contribution in [3.63, 3.8) is 0 Å². The van der Waals surface area contributed by atoms with Gasteiger partial charge in [0.1, 0.15) is 5.75 Å². The molecule has 7 heteroatoms. The SMILES string of the molecule is COc1ccc(Nc2cc(C)nc([C@H]3CCCN(C(=O)CN4CCCC4=O)C3)c2)cc1. The number of carbonyl (C=O) groups excluding carboxylic acids is 2. The van der Waals surface area contributed by atoms with Crippen molar-refractivity contribution in [3.05, 3.63) is 47.8 Å². The summed E-state index contributed by atoms with van der Waals surface area (Å²) in [7, 11) is 1.65. The van der Waals surface area contributed by atoms with Crippen LogP contribution in [0.2, 0.25) is 0 Å². The van der Waals surface area contributed by atoms with Gasteiger partial charge in [-0.3, -0.25) is 14.6 Å². The van der Waals surface area contributed by atoms with Gasteiger partial charge < -0.3 is 19.9 Å². The second-order valence-corrected chi connectivity index (χ2v) is 8.37. The number of likely N-dealkylation sites (tertiary alicyclic amines) is 2. The van der Waals surface area contributed by atoms with Gasteiger partial charge in [-0.2, -0.15) is 0 Å². The number of anilines is 2. The third-order valence-corrected chi connectivity index (χ3v) is 6.04. The number of carbonyl (C=O) groups is 2. The molecule has 7 nitrogen and oxygen atoms in total. The first-order chi connectivity index (χ1) is 15.0. The maximum atomic E-state index is 12.8. The number of aromatic nitrogens is 1. The number of hydrogen-bond donors (Lipinski definition) is 1. The van der Waals surface area contributed by atoms with Crippen molar-refractivity contribution in [2.45, 2.75) is 38.5 Å².